The van der Waals surface area contributed by atoms with Crippen molar-refractivity contribution in [2.24, 2.45) is 5.92 Å². The average Bonchev–Trinajstić information content (AvgIpc) is 2.76. The fourth-order valence-electron chi connectivity index (χ4n) is 2.12. The van der Waals surface area contributed by atoms with Gasteiger partial charge in [0.2, 0.25) is 6.79 Å². The number of amides is 1. The molecule has 2 heterocycles. The van der Waals surface area contributed by atoms with Crippen LogP contribution in [0.25, 0.3) is 0 Å². The van der Waals surface area contributed by atoms with Gasteiger partial charge in [-0.15, -0.1) is 0 Å². The van der Waals surface area contributed by atoms with Crippen LogP contribution in [-0.2, 0) is 0 Å². The zero-order valence-corrected chi connectivity index (χ0v) is 10.3. The van der Waals surface area contributed by atoms with Gasteiger partial charge in [0.25, 0.3) is 5.91 Å². The molecule has 0 aromatic heterocycles. The van der Waals surface area contributed by atoms with Crippen LogP contribution in [0.15, 0.2) is 12.1 Å². The molecule has 0 saturated carbocycles. The summed E-state index contributed by atoms with van der Waals surface area (Å²) in [5, 5.41) is 9.31. The molecule has 0 atom stereocenters. The lowest BCUT2D eigenvalue weighted by Gasteiger charge is -2.38. The van der Waals surface area contributed by atoms with E-state index in [1.54, 1.807) is 17.0 Å². The molecule has 6 heteroatoms. The van der Waals surface area contributed by atoms with Crippen LogP contribution in [0.3, 0.4) is 0 Å². The average molecular weight is 270 g/mol. The van der Waals surface area contributed by atoms with E-state index in [0.29, 0.717) is 35.2 Å². The van der Waals surface area contributed by atoms with Gasteiger partial charge in [-0.25, -0.2) is 0 Å². The first kappa shape index (κ1) is 11.6. The first-order valence-electron chi connectivity index (χ1n) is 5.68. The number of carbonyl (C=O) groups is 1. The molecular weight excluding hydrogens is 258 g/mol. The van der Waals surface area contributed by atoms with Crippen molar-refractivity contribution in [2.45, 2.75) is 0 Å². The van der Waals surface area contributed by atoms with Crippen molar-refractivity contribution in [1.29, 1.82) is 0 Å². The van der Waals surface area contributed by atoms with Gasteiger partial charge in [-0.3, -0.25) is 4.79 Å². The van der Waals surface area contributed by atoms with E-state index in [0.717, 1.165) is 0 Å². The monoisotopic (exact) mass is 269 g/mol. The number of benzene rings is 1. The maximum absolute atomic E-state index is 12.1. The van der Waals surface area contributed by atoms with Crippen molar-refractivity contribution in [3.8, 4) is 11.5 Å². The van der Waals surface area contributed by atoms with Crippen LogP contribution in [0, 0.1) is 5.92 Å². The van der Waals surface area contributed by atoms with Gasteiger partial charge >= 0.3 is 0 Å². The molecule has 2 aliphatic heterocycles. The Hall–Kier alpha value is -1.46. The van der Waals surface area contributed by atoms with E-state index in [2.05, 4.69) is 0 Å². The summed E-state index contributed by atoms with van der Waals surface area (Å²) in [5.41, 5.74) is 0.487. The maximum atomic E-state index is 12.1. The van der Waals surface area contributed by atoms with Crippen molar-refractivity contribution in [1.82, 2.24) is 4.90 Å². The van der Waals surface area contributed by atoms with Crippen molar-refractivity contribution in [3.05, 3.63) is 22.7 Å². The quantitative estimate of drug-likeness (QED) is 0.874. The van der Waals surface area contributed by atoms with Crippen LogP contribution in [0.5, 0.6) is 11.5 Å². The number of aliphatic hydroxyl groups is 1. The lowest BCUT2D eigenvalue weighted by molar-refractivity contribution is 0.0361. The third-order valence-corrected chi connectivity index (χ3v) is 3.46. The second-order valence-corrected chi connectivity index (χ2v) is 4.86. The summed E-state index contributed by atoms with van der Waals surface area (Å²) in [4.78, 5) is 13.8. The van der Waals surface area contributed by atoms with Crippen LogP contribution in [0.2, 0.25) is 5.02 Å². The summed E-state index contributed by atoms with van der Waals surface area (Å²) in [7, 11) is 0. The standard InChI is InChI=1S/C12H12ClNO4/c13-9-1-8(2-10-11(9)18-6-17-10)12(16)14-3-7(4-14)5-15/h1-2,7,15H,3-6H2. The number of halogens is 1. The topological polar surface area (TPSA) is 59.0 Å². The number of likely N-dealkylation sites (tertiary alicyclic amines) is 1. The predicted molar refractivity (Wildman–Crippen MR) is 64.1 cm³/mol. The highest BCUT2D eigenvalue weighted by Gasteiger charge is 2.31. The second kappa shape index (κ2) is 4.33. The zero-order chi connectivity index (χ0) is 12.7. The van der Waals surface area contributed by atoms with E-state index in [1.807, 2.05) is 0 Å². The van der Waals surface area contributed by atoms with E-state index >= 15 is 0 Å². The largest absolute Gasteiger partial charge is 0.454 e. The van der Waals surface area contributed by atoms with Gasteiger partial charge in [-0.1, -0.05) is 11.6 Å². The van der Waals surface area contributed by atoms with E-state index in [9.17, 15) is 4.79 Å². The van der Waals surface area contributed by atoms with Gasteiger partial charge in [0.1, 0.15) is 0 Å². The molecule has 0 unspecified atom stereocenters. The van der Waals surface area contributed by atoms with Crippen LogP contribution in [0.1, 0.15) is 10.4 Å². The minimum atomic E-state index is -0.0973. The number of carbonyl (C=O) groups excluding carboxylic acids is 1. The summed E-state index contributed by atoms with van der Waals surface area (Å²) in [6, 6.07) is 3.23. The smallest absolute Gasteiger partial charge is 0.254 e. The number of fused-ring (bicyclic) bond motifs is 1. The molecule has 0 aliphatic carbocycles. The van der Waals surface area contributed by atoms with Crippen molar-refractivity contribution < 1.29 is 19.4 Å². The first-order chi connectivity index (χ1) is 8.69. The molecule has 0 spiro atoms. The second-order valence-electron chi connectivity index (χ2n) is 4.45. The molecule has 1 fully saturated rings. The Bertz CT molecular complexity index is 499. The Morgan fingerprint density at radius 2 is 2.22 bits per heavy atom. The van der Waals surface area contributed by atoms with Crippen LogP contribution >= 0.6 is 11.6 Å². The molecule has 0 radical (unpaired) electrons. The fraction of sp³-hybridized carbons (Fsp3) is 0.417. The third kappa shape index (κ3) is 1.79. The van der Waals surface area contributed by atoms with E-state index in [-0.39, 0.29) is 25.2 Å². The summed E-state index contributed by atoms with van der Waals surface area (Å²) >= 11 is 6.02. The molecule has 96 valence electrons. The van der Waals surface area contributed by atoms with Gasteiger partial charge in [0.05, 0.1) is 5.02 Å². The maximum Gasteiger partial charge on any atom is 0.254 e. The predicted octanol–water partition coefficient (Wildman–Crippen LogP) is 1.13. The Balaban J connectivity index is 1.81. The lowest BCUT2D eigenvalue weighted by atomic mass is 10.00. The normalized spacial score (nSPS) is 17.8. The molecule has 5 nitrogen and oxygen atoms in total. The molecule has 18 heavy (non-hydrogen) atoms. The minimum Gasteiger partial charge on any atom is -0.454 e. The molecule has 1 amide bonds. The number of ether oxygens (including phenoxy) is 2. The van der Waals surface area contributed by atoms with E-state index < -0.39 is 0 Å². The third-order valence-electron chi connectivity index (χ3n) is 3.18. The summed E-state index contributed by atoms with van der Waals surface area (Å²) in [5.74, 6) is 1.09. The SMILES string of the molecule is O=C(c1cc(Cl)c2c(c1)OCO2)N1CC(CO)C1. The molecule has 3 rings (SSSR count). The van der Waals surface area contributed by atoms with Crippen molar-refractivity contribution >= 4 is 17.5 Å². The number of nitrogens with zero attached hydrogens (tertiary/aromatic N) is 1. The number of aliphatic hydroxyl groups excluding tert-OH is 1. The van der Waals surface area contributed by atoms with Gasteiger partial charge in [-0.2, -0.15) is 0 Å². The fourth-order valence-corrected chi connectivity index (χ4v) is 2.39. The highest BCUT2D eigenvalue weighted by atomic mass is 35.5. The summed E-state index contributed by atoms with van der Waals surface area (Å²) in [6.45, 7) is 1.41. The summed E-state index contributed by atoms with van der Waals surface area (Å²) < 4.78 is 10.4. The number of hydrogen-bond donors (Lipinski definition) is 1. The zero-order valence-electron chi connectivity index (χ0n) is 9.56. The van der Waals surface area contributed by atoms with Gasteiger partial charge in [0.15, 0.2) is 11.5 Å². The van der Waals surface area contributed by atoms with Gasteiger partial charge in [-0.05, 0) is 12.1 Å². The molecule has 2 aliphatic rings. The first-order valence-corrected chi connectivity index (χ1v) is 6.06. The molecule has 0 bridgehead atoms. The molecule has 1 N–H and O–H groups in total. The van der Waals surface area contributed by atoms with Crippen molar-refractivity contribution in [2.75, 3.05) is 26.5 Å². The lowest BCUT2D eigenvalue weighted by Crippen LogP contribution is -2.51. The number of rotatable bonds is 2. The molecule has 1 aromatic carbocycles. The number of hydrogen-bond acceptors (Lipinski definition) is 4. The Morgan fingerprint density at radius 3 is 2.94 bits per heavy atom. The van der Waals surface area contributed by atoms with Crippen molar-refractivity contribution in [3.63, 3.8) is 0 Å². The Labute approximate surface area is 109 Å². The van der Waals surface area contributed by atoms with Crippen LogP contribution < -0.4 is 9.47 Å². The highest BCUT2D eigenvalue weighted by Crippen LogP contribution is 2.40. The van der Waals surface area contributed by atoms with Gasteiger partial charge < -0.3 is 19.5 Å². The van der Waals surface area contributed by atoms with Crippen LogP contribution in [-0.4, -0.2) is 42.4 Å². The Morgan fingerprint density at radius 1 is 1.44 bits per heavy atom. The van der Waals surface area contributed by atoms with Gasteiger partial charge in [0, 0.05) is 31.2 Å². The van der Waals surface area contributed by atoms with Crippen LogP contribution in [0.4, 0.5) is 0 Å². The molecule has 1 aromatic rings. The van der Waals surface area contributed by atoms with E-state index in [1.165, 1.54) is 0 Å². The Kier molecular flexibility index (Phi) is 2.80. The summed E-state index contributed by atoms with van der Waals surface area (Å²) in [6.07, 6.45) is 0. The highest BCUT2D eigenvalue weighted by molar-refractivity contribution is 6.32. The van der Waals surface area contributed by atoms with E-state index in [4.69, 9.17) is 26.2 Å². The minimum absolute atomic E-state index is 0.0973. The molecule has 1 saturated heterocycles. The molecular formula is C12H12ClNO4.